The van der Waals surface area contributed by atoms with Gasteiger partial charge in [0.1, 0.15) is 17.5 Å². The second-order valence-electron chi connectivity index (χ2n) is 9.64. The van der Waals surface area contributed by atoms with Crippen molar-refractivity contribution >= 4 is 11.6 Å². The Bertz CT molecular complexity index is 1080. The lowest BCUT2D eigenvalue weighted by Gasteiger charge is -2.29. The molecule has 0 atom stereocenters. The molecule has 3 aromatic rings. The Balaban J connectivity index is 1.28. The molecule has 34 heavy (non-hydrogen) atoms. The predicted octanol–water partition coefficient (Wildman–Crippen LogP) is 9.01. The lowest BCUT2D eigenvalue weighted by molar-refractivity contribution is 0.310. The van der Waals surface area contributed by atoms with Crippen molar-refractivity contribution in [2.45, 2.75) is 70.6 Å². The lowest BCUT2D eigenvalue weighted by atomic mass is 9.77. The van der Waals surface area contributed by atoms with Crippen LogP contribution < -0.4 is 0 Å². The molecular formula is C30H32ClF3. The van der Waals surface area contributed by atoms with E-state index in [-0.39, 0.29) is 17.0 Å². The summed E-state index contributed by atoms with van der Waals surface area (Å²) in [7, 11) is 0. The molecule has 180 valence electrons. The van der Waals surface area contributed by atoms with E-state index < -0.39 is 17.5 Å². The normalized spacial score (nSPS) is 18.3. The number of rotatable bonds is 8. The first-order chi connectivity index (χ1) is 16.4. The van der Waals surface area contributed by atoms with Crippen LogP contribution in [0.15, 0.2) is 54.6 Å². The lowest BCUT2D eigenvalue weighted by Crippen LogP contribution is -2.14. The molecule has 0 N–H and O–H groups in total. The van der Waals surface area contributed by atoms with Gasteiger partial charge < -0.3 is 0 Å². The van der Waals surface area contributed by atoms with Crippen molar-refractivity contribution < 1.29 is 13.2 Å². The zero-order chi connectivity index (χ0) is 24.1. The van der Waals surface area contributed by atoms with Crippen molar-refractivity contribution in [2.24, 2.45) is 5.92 Å². The molecule has 0 heterocycles. The Morgan fingerprint density at radius 2 is 1.32 bits per heavy atom. The van der Waals surface area contributed by atoms with E-state index in [0.717, 1.165) is 12.8 Å². The van der Waals surface area contributed by atoms with Gasteiger partial charge in [-0.25, -0.2) is 13.2 Å². The predicted molar refractivity (Wildman–Crippen MR) is 134 cm³/mol. The highest BCUT2D eigenvalue weighted by atomic mass is 35.5. The van der Waals surface area contributed by atoms with E-state index in [1.165, 1.54) is 61.1 Å². The molecule has 1 saturated carbocycles. The minimum Gasteiger partial charge on any atom is -0.207 e. The standard InChI is InChI=1S/C30H32ClF3/c1-2-20-5-11-24(12-6-20)25-13-7-21(8-14-25)3-4-23-18-28(32)26(29(33)19-23)15-9-22-10-16-27(31)30(34)17-22/h5-6,10-12,16-19,21,25H,2-4,7-9,13-15H2,1H3. The number of hydrogen-bond donors (Lipinski definition) is 0. The van der Waals surface area contributed by atoms with Crippen LogP contribution in [0.25, 0.3) is 0 Å². The highest BCUT2D eigenvalue weighted by Crippen LogP contribution is 2.37. The number of aryl methyl sites for hydroxylation is 3. The third-order valence-electron chi connectivity index (χ3n) is 7.40. The minimum absolute atomic E-state index is 0.0459. The van der Waals surface area contributed by atoms with Crippen LogP contribution in [-0.4, -0.2) is 0 Å². The van der Waals surface area contributed by atoms with Gasteiger partial charge in [-0.2, -0.15) is 0 Å². The average Bonchev–Trinajstić information content (AvgIpc) is 2.85. The maximum atomic E-state index is 14.7. The fraction of sp³-hybridized carbons (Fsp3) is 0.400. The van der Waals surface area contributed by atoms with Crippen molar-refractivity contribution in [3.8, 4) is 0 Å². The Kier molecular flexibility index (Phi) is 8.37. The smallest absolute Gasteiger partial charge is 0.142 e. The Hall–Kier alpha value is -2.26. The Labute approximate surface area is 206 Å². The Morgan fingerprint density at radius 3 is 1.94 bits per heavy atom. The van der Waals surface area contributed by atoms with Gasteiger partial charge in [0.05, 0.1) is 5.02 Å². The topological polar surface area (TPSA) is 0 Å². The van der Waals surface area contributed by atoms with Crippen LogP contribution >= 0.6 is 11.6 Å². The molecule has 4 rings (SSSR count). The fourth-order valence-electron chi connectivity index (χ4n) is 5.18. The van der Waals surface area contributed by atoms with Gasteiger partial charge in [0, 0.05) is 5.56 Å². The fourth-order valence-corrected chi connectivity index (χ4v) is 5.30. The number of hydrogen-bond acceptors (Lipinski definition) is 0. The molecule has 0 radical (unpaired) electrons. The molecule has 1 fully saturated rings. The monoisotopic (exact) mass is 484 g/mol. The molecule has 1 aliphatic rings. The molecule has 0 nitrogen and oxygen atoms in total. The highest BCUT2D eigenvalue weighted by Gasteiger charge is 2.22. The van der Waals surface area contributed by atoms with Crippen molar-refractivity contribution in [3.63, 3.8) is 0 Å². The van der Waals surface area contributed by atoms with Gasteiger partial charge in [0.15, 0.2) is 0 Å². The molecule has 0 unspecified atom stereocenters. The summed E-state index contributed by atoms with van der Waals surface area (Å²) in [6, 6.07) is 16.5. The molecule has 0 saturated heterocycles. The maximum absolute atomic E-state index is 14.7. The summed E-state index contributed by atoms with van der Waals surface area (Å²) in [4.78, 5) is 0. The summed E-state index contributed by atoms with van der Waals surface area (Å²) in [5, 5.41) is 0.0459. The summed E-state index contributed by atoms with van der Waals surface area (Å²) in [6.45, 7) is 2.18. The summed E-state index contributed by atoms with van der Waals surface area (Å²) in [5.41, 5.74) is 4.27. The number of benzene rings is 3. The molecule has 0 aliphatic heterocycles. The Morgan fingerprint density at radius 1 is 0.706 bits per heavy atom. The summed E-state index contributed by atoms with van der Waals surface area (Å²) in [6.07, 6.45) is 7.96. The van der Waals surface area contributed by atoms with Crippen LogP contribution in [0.4, 0.5) is 13.2 Å². The van der Waals surface area contributed by atoms with Gasteiger partial charge in [0.25, 0.3) is 0 Å². The second-order valence-corrected chi connectivity index (χ2v) is 10.0. The van der Waals surface area contributed by atoms with Gasteiger partial charge >= 0.3 is 0 Å². The third-order valence-corrected chi connectivity index (χ3v) is 7.70. The van der Waals surface area contributed by atoms with Gasteiger partial charge in [-0.05, 0) is 116 Å². The van der Waals surface area contributed by atoms with Gasteiger partial charge in [-0.15, -0.1) is 0 Å². The van der Waals surface area contributed by atoms with E-state index >= 15 is 0 Å². The molecule has 3 aromatic carbocycles. The third kappa shape index (κ3) is 6.24. The van der Waals surface area contributed by atoms with Crippen molar-refractivity contribution in [2.75, 3.05) is 0 Å². The van der Waals surface area contributed by atoms with Crippen molar-refractivity contribution in [1.29, 1.82) is 0 Å². The molecule has 1 aliphatic carbocycles. The van der Waals surface area contributed by atoms with Crippen LogP contribution in [0.2, 0.25) is 5.02 Å². The first kappa shape index (κ1) is 24.9. The van der Waals surface area contributed by atoms with Crippen LogP contribution in [-0.2, 0) is 25.7 Å². The van der Waals surface area contributed by atoms with E-state index in [0.29, 0.717) is 35.8 Å². The average molecular weight is 485 g/mol. The van der Waals surface area contributed by atoms with Gasteiger partial charge in [-0.3, -0.25) is 0 Å². The van der Waals surface area contributed by atoms with E-state index in [1.54, 1.807) is 6.07 Å². The van der Waals surface area contributed by atoms with Gasteiger partial charge in [-0.1, -0.05) is 48.9 Å². The van der Waals surface area contributed by atoms with Crippen LogP contribution in [0, 0.1) is 23.4 Å². The van der Waals surface area contributed by atoms with E-state index in [9.17, 15) is 13.2 Å². The molecule has 4 heteroatoms. The quantitative estimate of drug-likeness (QED) is 0.299. The first-order valence-corrected chi connectivity index (χ1v) is 12.8. The van der Waals surface area contributed by atoms with Crippen molar-refractivity contribution in [1.82, 2.24) is 0 Å². The van der Waals surface area contributed by atoms with Crippen LogP contribution in [0.5, 0.6) is 0 Å². The van der Waals surface area contributed by atoms with E-state index in [2.05, 4.69) is 31.2 Å². The summed E-state index contributed by atoms with van der Waals surface area (Å²) >= 11 is 5.70. The number of halogens is 4. The van der Waals surface area contributed by atoms with E-state index in [1.807, 2.05) is 0 Å². The highest BCUT2D eigenvalue weighted by molar-refractivity contribution is 6.30. The maximum Gasteiger partial charge on any atom is 0.142 e. The molecule has 0 bridgehead atoms. The minimum atomic E-state index is -0.515. The second kappa shape index (κ2) is 11.4. The van der Waals surface area contributed by atoms with Crippen LogP contribution in [0.1, 0.15) is 72.8 Å². The SMILES string of the molecule is CCc1ccc(C2CCC(CCc3cc(F)c(CCc4ccc(Cl)c(F)c4)c(F)c3)CC2)cc1. The van der Waals surface area contributed by atoms with Crippen LogP contribution in [0.3, 0.4) is 0 Å². The molecular weight excluding hydrogens is 453 g/mol. The van der Waals surface area contributed by atoms with Gasteiger partial charge in [0.2, 0.25) is 0 Å². The molecule has 0 amide bonds. The first-order valence-electron chi connectivity index (χ1n) is 12.4. The molecule has 0 aromatic heterocycles. The zero-order valence-corrected chi connectivity index (χ0v) is 20.5. The van der Waals surface area contributed by atoms with E-state index in [4.69, 9.17) is 11.6 Å². The summed E-state index contributed by atoms with van der Waals surface area (Å²) < 4.78 is 43.0. The largest absolute Gasteiger partial charge is 0.207 e. The zero-order valence-electron chi connectivity index (χ0n) is 19.7. The molecule has 0 spiro atoms. The van der Waals surface area contributed by atoms with Crippen molar-refractivity contribution in [3.05, 3.63) is 105 Å². The summed E-state index contributed by atoms with van der Waals surface area (Å²) in [5.74, 6) is -0.298.